The van der Waals surface area contributed by atoms with E-state index in [1.54, 1.807) is 30.1 Å². The molecule has 1 N–H and O–H groups in total. The minimum absolute atomic E-state index is 0.0184. The van der Waals surface area contributed by atoms with Crippen LogP contribution in [0.5, 0.6) is 0 Å². The smallest absolute Gasteiger partial charge is 0.339 e. The van der Waals surface area contributed by atoms with Crippen molar-refractivity contribution in [1.29, 1.82) is 0 Å². The zero-order valence-corrected chi connectivity index (χ0v) is 11.9. The number of hydrogen-bond acceptors (Lipinski definition) is 3. The van der Waals surface area contributed by atoms with Gasteiger partial charge in [-0.1, -0.05) is 12.1 Å². The molecule has 6 heteroatoms. The first-order valence-corrected chi connectivity index (χ1v) is 6.59. The number of aromatic amines is 1. The molecule has 1 aromatic heterocycles. The molecule has 0 spiro atoms. The van der Waals surface area contributed by atoms with Crippen molar-refractivity contribution in [2.75, 3.05) is 13.1 Å². The van der Waals surface area contributed by atoms with E-state index >= 15 is 0 Å². The molecule has 6 nitrogen and oxygen atoms in total. The summed E-state index contributed by atoms with van der Waals surface area (Å²) in [5.74, 6) is 0.446. The largest absolute Gasteiger partial charge is 0.343 e. The Balaban J connectivity index is 2.37. The van der Waals surface area contributed by atoms with E-state index < -0.39 is 0 Å². The first kappa shape index (κ1) is 14.0. The van der Waals surface area contributed by atoms with Crippen LogP contribution >= 0.6 is 0 Å². The average Bonchev–Trinajstić information content (AvgIpc) is 2.80. The zero-order chi connectivity index (χ0) is 14.7. The number of hydrogen-bond donors (Lipinski definition) is 1. The van der Waals surface area contributed by atoms with E-state index in [0.717, 1.165) is 5.56 Å². The predicted molar refractivity (Wildman–Crippen MR) is 76.5 cm³/mol. The molecular formula is C14H18N4O2. The van der Waals surface area contributed by atoms with Crippen LogP contribution in [0.2, 0.25) is 0 Å². The molecule has 0 fully saturated rings. The molecule has 1 amide bonds. The van der Waals surface area contributed by atoms with Gasteiger partial charge in [-0.15, -0.1) is 0 Å². The van der Waals surface area contributed by atoms with Crippen LogP contribution in [0.3, 0.4) is 0 Å². The quantitative estimate of drug-likeness (QED) is 0.912. The number of nitrogens with zero attached hydrogens (tertiary/aromatic N) is 3. The number of rotatable bonds is 4. The maximum absolute atomic E-state index is 12.3. The Morgan fingerprint density at radius 2 is 2.05 bits per heavy atom. The highest BCUT2D eigenvalue weighted by Crippen LogP contribution is 2.16. The summed E-state index contributed by atoms with van der Waals surface area (Å²) in [5.41, 5.74) is 1.04. The van der Waals surface area contributed by atoms with Crippen LogP contribution in [-0.2, 0) is 7.05 Å². The Morgan fingerprint density at radius 3 is 2.60 bits per heavy atom. The lowest BCUT2D eigenvalue weighted by molar-refractivity contribution is 0.0773. The molecule has 0 aliphatic rings. The van der Waals surface area contributed by atoms with Crippen LogP contribution < -0.4 is 5.69 Å². The molecule has 0 atom stereocenters. The second-order valence-electron chi connectivity index (χ2n) is 4.46. The summed E-state index contributed by atoms with van der Waals surface area (Å²) in [5, 5.41) is 4.09. The van der Waals surface area contributed by atoms with Crippen molar-refractivity contribution < 1.29 is 4.79 Å². The minimum Gasteiger partial charge on any atom is -0.339 e. The number of carbonyl (C=O) groups excluding carboxylic acids is 1. The van der Waals surface area contributed by atoms with Crippen molar-refractivity contribution in [3.63, 3.8) is 0 Å². The summed E-state index contributed by atoms with van der Waals surface area (Å²) in [7, 11) is 1.58. The van der Waals surface area contributed by atoms with Gasteiger partial charge in [0.2, 0.25) is 0 Å². The van der Waals surface area contributed by atoms with Crippen molar-refractivity contribution in [2.45, 2.75) is 13.8 Å². The molecule has 106 valence electrons. The minimum atomic E-state index is -0.277. The van der Waals surface area contributed by atoms with Crippen molar-refractivity contribution in [3.8, 4) is 11.4 Å². The Labute approximate surface area is 117 Å². The van der Waals surface area contributed by atoms with Gasteiger partial charge in [-0.25, -0.2) is 9.48 Å². The van der Waals surface area contributed by atoms with Crippen molar-refractivity contribution in [3.05, 3.63) is 40.3 Å². The number of H-pyrrole nitrogens is 1. The van der Waals surface area contributed by atoms with Gasteiger partial charge in [-0.05, 0) is 26.0 Å². The maximum atomic E-state index is 12.3. The third-order valence-corrected chi connectivity index (χ3v) is 3.20. The third-order valence-electron chi connectivity index (χ3n) is 3.20. The van der Waals surface area contributed by atoms with Gasteiger partial charge in [-0.3, -0.25) is 9.78 Å². The molecule has 0 bridgehead atoms. The zero-order valence-electron chi connectivity index (χ0n) is 11.9. The molecule has 2 rings (SSSR count). The fraction of sp³-hybridized carbons (Fsp3) is 0.357. The van der Waals surface area contributed by atoms with E-state index in [9.17, 15) is 9.59 Å². The Bertz CT molecular complexity index is 668. The number of benzene rings is 1. The van der Waals surface area contributed by atoms with E-state index in [4.69, 9.17) is 0 Å². The van der Waals surface area contributed by atoms with E-state index in [0.29, 0.717) is 24.5 Å². The van der Waals surface area contributed by atoms with E-state index in [2.05, 4.69) is 10.1 Å². The van der Waals surface area contributed by atoms with Gasteiger partial charge >= 0.3 is 5.69 Å². The maximum Gasteiger partial charge on any atom is 0.343 e. The van der Waals surface area contributed by atoms with Crippen LogP contribution in [0.25, 0.3) is 11.4 Å². The monoisotopic (exact) mass is 274 g/mol. The van der Waals surface area contributed by atoms with Gasteiger partial charge in [-0.2, -0.15) is 5.10 Å². The van der Waals surface area contributed by atoms with Gasteiger partial charge in [0.1, 0.15) is 0 Å². The molecule has 0 aliphatic carbocycles. The fourth-order valence-electron chi connectivity index (χ4n) is 2.03. The first-order chi connectivity index (χ1) is 9.56. The number of nitrogens with one attached hydrogen (secondary N) is 1. The highest BCUT2D eigenvalue weighted by Gasteiger charge is 2.14. The van der Waals surface area contributed by atoms with Crippen LogP contribution in [0.15, 0.2) is 29.1 Å². The Hall–Kier alpha value is -2.37. The van der Waals surface area contributed by atoms with Crippen molar-refractivity contribution in [2.24, 2.45) is 7.05 Å². The SMILES string of the molecule is CCN(CC)C(=O)c1cccc(-c2nn(C)c(=O)[nH]2)c1. The molecular weight excluding hydrogens is 256 g/mol. The van der Waals surface area contributed by atoms with Gasteiger partial charge in [0.15, 0.2) is 5.82 Å². The summed E-state index contributed by atoms with van der Waals surface area (Å²) in [6.45, 7) is 5.23. The summed E-state index contributed by atoms with van der Waals surface area (Å²) < 4.78 is 1.23. The molecule has 0 unspecified atom stereocenters. The Morgan fingerprint density at radius 1 is 1.35 bits per heavy atom. The Kier molecular flexibility index (Phi) is 4.02. The van der Waals surface area contributed by atoms with Crippen molar-refractivity contribution >= 4 is 5.91 Å². The molecule has 1 aromatic carbocycles. The highest BCUT2D eigenvalue weighted by molar-refractivity contribution is 5.95. The van der Waals surface area contributed by atoms with Gasteiger partial charge < -0.3 is 4.90 Å². The lowest BCUT2D eigenvalue weighted by atomic mass is 10.1. The standard InChI is InChI=1S/C14H18N4O2/c1-4-18(5-2)13(19)11-8-6-7-10(9-11)12-15-14(20)17(3)16-12/h6-9H,4-5H2,1-3H3,(H,15,16,20). The topological polar surface area (TPSA) is 71.0 Å². The second kappa shape index (κ2) is 5.73. The number of aromatic nitrogens is 3. The normalized spacial score (nSPS) is 10.6. The number of amides is 1. The molecule has 0 saturated carbocycles. The molecule has 0 radical (unpaired) electrons. The van der Waals surface area contributed by atoms with Gasteiger partial charge in [0.05, 0.1) is 0 Å². The number of aryl methyl sites for hydroxylation is 1. The fourth-order valence-corrected chi connectivity index (χ4v) is 2.03. The lowest BCUT2D eigenvalue weighted by Gasteiger charge is -2.18. The van der Waals surface area contributed by atoms with Gasteiger partial charge in [0, 0.05) is 31.3 Å². The summed E-state index contributed by atoms with van der Waals surface area (Å²) in [4.78, 5) is 28.1. The molecule has 1 heterocycles. The van der Waals surface area contributed by atoms with Crippen LogP contribution in [0, 0.1) is 0 Å². The van der Waals surface area contributed by atoms with Crippen molar-refractivity contribution in [1.82, 2.24) is 19.7 Å². The predicted octanol–water partition coefficient (Wildman–Crippen LogP) is 1.26. The van der Waals surface area contributed by atoms with E-state index in [-0.39, 0.29) is 11.6 Å². The van der Waals surface area contributed by atoms with Gasteiger partial charge in [0.25, 0.3) is 5.91 Å². The first-order valence-electron chi connectivity index (χ1n) is 6.59. The lowest BCUT2D eigenvalue weighted by Crippen LogP contribution is -2.30. The molecule has 20 heavy (non-hydrogen) atoms. The summed E-state index contributed by atoms with van der Waals surface area (Å²) in [6.07, 6.45) is 0. The van der Waals surface area contributed by atoms with E-state index in [1.807, 2.05) is 19.9 Å². The van der Waals surface area contributed by atoms with Crippen LogP contribution in [0.1, 0.15) is 24.2 Å². The summed E-state index contributed by atoms with van der Waals surface area (Å²) >= 11 is 0. The average molecular weight is 274 g/mol. The summed E-state index contributed by atoms with van der Waals surface area (Å²) in [6, 6.07) is 7.13. The number of carbonyl (C=O) groups is 1. The second-order valence-corrected chi connectivity index (χ2v) is 4.46. The molecule has 0 saturated heterocycles. The molecule has 0 aliphatic heterocycles. The highest BCUT2D eigenvalue weighted by atomic mass is 16.2. The van der Waals surface area contributed by atoms with Crippen LogP contribution in [0.4, 0.5) is 0 Å². The van der Waals surface area contributed by atoms with E-state index in [1.165, 1.54) is 4.68 Å². The third kappa shape index (κ3) is 2.64. The molecule has 2 aromatic rings. The van der Waals surface area contributed by atoms with Crippen LogP contribution in [-0.4, -0.2) is 38.7 Å².